The Kier molecular flexibility index (Phi) is 14.1. The molecule has 0 amide bonds. The van der Waals surface area contributed by atoms with Gasteiger partial charge in [0.05, 0.1) is 27.8 Å². The number of para-hydroxylation sites is 2. The van der Waals surface area contributed by atoms with Gasteiger partial charge in [-0.05, 0) is 233 Å². The van der Waals surface area contributed by atoms with Crippen LogP contribution in [0.2, 0.25) is 0 Å². The predicted molar refractivity (Wildman–Crippen MR) is 447 cm³/mol. The molecule has 0 saturated carbocycles. The standard InChI is InChI=1S/C100H83BN4/c1-97(2)52-54-99(5,6)84-58-71(36-46-82(84)97)67-32-41-74(42-33-67)102-92-51-40-73(66-26-16-11-17-27-66)60-87(92)101-86-48-45-76(104-88-30-20-18-28-78(88)80-56-69(38-49-90(80)104)64-22-12-9-13-23-64)61-93(86)103(75-43-34-68(35-44-75)72-37-47-83-85(59-72)100(7,8)55-53-98(83,3)4)95-63-77(62-94(102)96(95)101)105-89-31-21-19-29-79(89)81-57-70(39-50-91(81)105)65-24-14-10-15-25-65/h9-51,56-63H,52-55H2,1-8H3. The summed E-state index contributed by atoms with van der Waals surface area (Å²) in [5.74, 6) is 0. The fourth-order valence-electron chi connectivity index (χ4n) is 18.9. The Morgan fingerprint density at radius 1 is 0.229 bits per heavy atom. The lowest BCUT2D eigenvalue weighted by Gasteiger charge is -2.44. The van der Waals surface area contributed by atoms with Crippen LogP contribution in [0.25, 0.3) is 111 Å². The van der Waals surface area contributed by atoms with E-state index in [2.05, 4.69) is 384 Å². The van der Waals surface area contributed by atoms with E-state index in [0.29, 0.717) is 0 Å². The molecule has 0 N–H and O–H groups in total. The molecule has 2 aromatic heterocycles. The number of anilines is 6. The van der Waals surface area contributed by atoms with Gasteiger partial charge in [0.2, 0.25) is 0 Å². The lowest BCUT2D eigenvalue weighted by atomic mass is 9.33. The van der Waals surface area contributed by atoms with Crippen LogP contribution in [0.3, 0.4) is 0 Å². The van der Waals surface area contributed by atoms with E-state index < -0.39 is 0 Å². The minimum Gasteiger partial charge on any atom is -0.311 e. The molecular formula is C100H83BN4. The van der Waals surface area contributed by atoms with Crippen molar-refractivity contribution in [2.24, 2.45) is 0 Å². The van der Waals surface area contributed by atoms with Crippen molar-refractivity contribution in [1.82, 2.24) is 9.13 Å². The first-order valence-electron chi connectivity index (χ1n) is 37.8. The Hall–Kier alpha value is -11.7. The van der Waals surface area contributed by atoms with Gasteiger partial charge in [-0.25, -0.2) is 0 Å². The highest BCUT2D eigenvalue weighted by Gasteiger charge is 2.45. The number of nitrogens with zero attached hydrogens (tertiary/aromatic N) is 4. The fraction of sp³-hybridized carbons (Fsp3) is 0.160. The van der Waals surface area contributed by atoms with Crippen molar-refractivity contribution in [2.75, 3.05) is 9.80 Å². The van der Waals surface area contributed by atoms with Gasteiger partial charge >= 0.3 is 0 Å². The minimum absolute atomic E-state index is 0.0741. The summed E-state index contributed by atoms with van der Waals surface area (Å²) in [6.45, 7) is 19.3. The fourth-order valence-corrected chi connectivity index (χ4v) is 18.9. The van der Waals surface area contributed by atoms with Crippen molar-refractivity contribution in [2.45, 2.75) is 103 Å². The van der Waals surface area contributed by atoms with Crippen molar-refractivity contribution < 1.29 is 0 Å². The molecule has 4 heterocycles. The Bertz CT molecular complexity index is 6210. The highest BCUT2D eigenvalue weighted by Crippen LogP contribution is 2.52. The van der Waals surface area contributed by atoms with E-state index in [4.69, 9.17) is 0 Å². The van der Waals surface area contributed by atoms with Crippen molar-refractivity contribution in [3.8, 4) is 67.0 Å². The van der Waals surface area contributed by atoms with Crippen molar-refractivity contribution in [3.05, 3.63) is 332 Å². The van der Waals surface area contributed by atoms with E-state index in [1.165, 1.54) is 146 Å². The van der Waals surface area contributed by atoms with E-state index in [0.717, 1.165) is 63.0 Å². The Morgan fingerprint density at radius 3 is 1.05 bits per heavy atom. The second kappa shape index (κ2) is 23.4. The molecule has 5 heteroatoms. The van der Waals surface area contributed by atoms with Gasteiger partial charge < -0.3 is 18.9 Å². The molecule has 506 valence electrons. The van der Waals surface area contributed by atoms with E-state index >= 15 is 0 Å². The normalized spacial score (nSPS) is 15.7. The van der Waals surface area contributed by atoms with E-state index in [1.54, 1.807) is 0 Å². The van der Waals surface area contributed by atoms with Gasteiger partial charge in [0.15, 0.2) is 0 Å². The topological polar surface area (TPSA) is 16.3 Å². The van der Waals surface area contributed by atoms with Crippen LogP contribution in [0.4, 0.5) is 34.1 Å². The molecule has 0 saturated heterocycles. The van der Waals surface area contributed by atoms with Gasteiger partial charge in [-0.3, -0.25) is 0 Å². The van der Waals surface area contributed by atoms with Crippen LogP contribution < -0.4 is 26.2 Å². The second-order valence-corrected chi connectivity index (χ2v) is 32.9. The summed E-state index contributed by atoms with van der Waals surface area (Å²) < 4.78 is 5.06. The third kappa shape index (κ3) is 10.0. The van der Waals surface area contributed by atoms with E-state index in [9.17, 15) is 0 Å². The summed E-state index contributed by atoms with van der Waals surface area (Å²) in [5.41, 5.74) is 35.9. The van der Waals surface area contributed by atoms with Crippen LogP contribution in [0.5, 0.6) is 0 Å². The van der Waals surface area contributed by atoms with Crippen molar-refractivity contribution >= 4 is 101 Å². The van der Waals surface area contributed by atoms with Crippen molar-refractivity contribution in [3.63, 3.8) is 0 Å². The maximum Gasteiger partial charge on any atom is 0.252 e. The van der Waals surface area contributed by atoms with Crippen LogP contribution in [0, 0.1) is 0 Å². The van der Waals surface area contributed by atoms with Crippen LogP contribution in [-0.2, 0) is 21.7 Å². The molecule has 105 heavy (non-hydrogen) atoms. The summed E-state index contributed by atoms with van der Waals surface area (Å²) in [6, 6.07) is 118. The van der Waals surface area contributed by atoms with Gasteiger partial charge in [-0.1, -0.05) is 274 Å². The van der Waals surface area contributed by atoms with Gasteiger partial charge in [0, 0.05) is 61.4 Å². The van der Waals surface area contributed by atoms with E-state index in [-0.39, 0.29) is 28.4 Å². The molecule has 4 nitrogen and oxygen atoms in total. The van der Waals surface area contributed by atoms with Crippen molar-refractivity contribution in [1.29, 1.82) is 0 Å². The third-order valence-corrected chi connectivity index (χ3v) is 24.8. The molecule has 0 bridgehead atoms. The van der Waals surface area contributed by atoms with E-state index in [1.807, 2.05) is 0 Å². The van der Waals surface area contributed by atoms with Gasteiger partial charge in [0.25, 0.3) is 6.71 Å². The maximum absolute atomic E-state index is 2.63. The smallest absolute Gasteiger partial charge is 0.252 e. The molecule has 0 spiro atoms. The lowest BCUT2D eigenvalue weighted by Crippen LogP contribution is -2.61. The molecule has 0 fully saturated rings. The highest BCUT2D eigenvalue weighted by molar-refractivity contribution is 7.00. The molecule has 4 aliphatic rings. The lowest BCUT2D eigenvalue weighted by molar-refractivity contribution is 0.332. The number of rotatable bonds is 9. The first-order chi connectivity index (χ1) is 51.0. The number of aromatic nitrogens is 2. The summed E-state index contributed by atoms with van der Waals surface area (Å²) in [5, 5.41) is 4.89. The zero-order chi connectivity index (χ0) is 70.8. The quantitative estimate of drug-likeness (QED) is 0.134. The Labute approximate surface area is 617 Å². The Balaban J connectivity index is 0.859. The minimum atomic E-state index is -0.179. The maximum atomic E-state index is 2.63. The first-order valence-corrected chi connectivity index (χ1v) is 37.8. The number of fused-ring (bicyclic) bond motifs is 12. The van der Waals surface area contributed by atoms with Crippen LogP contribution >= 0.6 is 0 Å². The summed E-state index contributed by atoms with van der Waals surface area (Å²) >= 11 is 0. The summed E-state index contributed by atoms with van der Waals surface area (Å²) in [7, 11) is 0. The van der Waals surface area contributed by atoms with Crippen LogP contribution in [-0.4, -0.2) is 15.8 Å². The summed E-state index contributed by atoms with van der Waals surface area (Å²) in [4.78, 5) is 5.24. The van der Waals surface area contributed by atoms with Crippen LogP contribution in [0.1, 0.15) is 103 Å². The average molecular weight is 1350 g/mol. The van der Waals surface area contributed by atoms with Crippen LogP contribution in [0.15, 0.2) is 309 Å². The number of hydrogen-bond donors (Lipinski definition) is 0. The number of benzene rings is 14. The molecule has 14 aromatic carbocycles. The van der Waals surface area contributed by atoms with Gasteiger partial charge in [0.1, 0.15) is 0 Å². The van der Waals surface area contributed by atoms with Gasteiger partial charge in [-0.15, -0.1) is 0 Å². The zero-order valence-corrected chi connectivity index (χ0v) is 61.1. The number of hydrogen-bond acceptors (Lipinski definition) is 2. The zero-order valence-electron chi connectivity index (χ0n) is 61.1. The average Bonchev–Trinajstić information content (AvgIpc) is 1.13. The summed E-state index contributed by atoms with van der Waals surface area (Å²) in [6.07, 6.45) is 4.70. The second-order valence-electron chi connectivity index (χ2n) is 32.9. The van der Waals surface area contributed by atoms with Gasteiger partial charge in [-0.2, -0.15) is 0 Å². The molecule has 0 radical (unpaired) electrons. The molecular weight excluding hydrogens is 1270 g/mol. The molecule has 0 unspecified atom stereocenters. The monoisotopic (exact) mass is 1350 g/mol. The molecule has 16 aromatic rings. The third-order valence-electron chi connectivity index (χ3n) is 24.8. The molecule has 0 atom stereocenters. The largest absolute Gasteiger partial charge is 0.311 e. The first kappa shape index (κ1) is 63.1. The SMILES string of the molecule is CC1(C)CCC(C)(C)c2cc(-c3ccc(N4c5ccc(-c6ccccc6)cc5B5c6ccc(-n7c8ccccc8c8cc(-c9ccccc9)ccc87)cc6N(c6ccc(-c7ccc8c(c7)C(C)(C)CCC8(C)C)cc6)c6cc(-n7c8ccccc8c8cc(-c9ccccc9)ccc87)cc4c65)cc3)ccc21. The Morgan fingerprint density at radius 2 is 0.571 bits per heavy atom. The molecule has 20 rings (SSSR count). The molecule has 2 aliphatic carbocycles. The molecule has 2 aliphatic heterocycles. The predicted octanol–water partition coefficient (Wildman–Crippen LogP) is 25.0. The highest BCUT2D eigenvalue weighted by atomic mass is 15.2.